The molecule has 0 aromatic carbocycles. The number of carboxylic acids is 2. The molecule has 0 atom stereocenters. The molecule has 0 aromatic rings. The van der Waals surface area contributed by atoms with Crippen molar-refractivity contribution in [3.63, 3.8) is 0 Å². The van der Waals surface area contributed by atoms with E-state index < -0.39 is 18.4 Å². The summed E-state index contributed by atoms with van der Waals surface area (Å²) < 4.78 is 0. The van der Waals surface area contributed by atoms with Gasteiger partial charge in [0.15, 0.2) is 0 Å². The summed E-state index contributed by atoms with van der Waals surface area (Å²) in [7, 11) is 0. The van der Waals surface area contributed by atoms with Crippen molar-refractivity contribution in [3.05, 3.63) is 0 Å². The van der Waals surface area contributed by atoms with Crippen LogP contribution in [-0.2, 0) is 28.1 Å². The molecule has 45 valence electrons. The first kappa shape index (κ1) is 10.5. The Morgan fingerprint density at radius 2 is 1.38 bits per heavy atom. The zero-order valence-corrected chi connectivity index (χ0v) is 5.18. The van der Waals surface area contributed by atoms with E-state index in [4.69, 9.17) is 0 Å². The largest absolute Gasteiger partial charge is 0.550 e. The molecular weight excluding hydrogens is 151 g/mol. The van der Waals surface area contributed by atoms with Crippen molar-refractivity contribution in [1.82, 2.24) is 0 Å². The number of aliphatic carboxylic acids is 2. The van der Waals surface area contributed by atoms with Crippen LogP contribution in [0.3, 0.4) is 0 Å². The molecule has 0 aliphatic heterocycles. The molecule has 4 nitrogen and oxygen atoms in total. The van der Waals surface area contributed by atoms with Crippen LogP contribution >= 0.6 is 0 Å². The summed E-state index contributed by atoms with van der Waals surface area (Å²) in [5.41, 5.74) is 0. The number of rotatable bonds is 2. The molecule has 0 aliphatic carbocycles. The predicted octanol–water partition coefficient (Wildman–Crippen LogP) is -3.13. The van der Waals surface area contributed by atoms with Crippen LogP contribution in [0.5, 0.6) is 0 Å². The summed E-state index contributed by atoms with van der Waals surface area (Å²) in [5.74, 6) is -3.25. The minimum atomic E-state index is -1.63. The molecule has 0 spiro atoms. The molecule has 0 unspecified atom stereocenters. The van der Waals surface area contributed by atoms with Crippen molar-refractivity contribution >= 4 is 11.9 Å². The monoisotopic (exact) mass is 153 g/mol. The van der Waals surface area contributed by atoms with E-state index in [0.717, 1.165) is 0 Å². The van der Waals surface area contributed by atoms with Gasteiger partial charge in [-0.3, -0.25) is 0 Å². The van der Waals surface area contributed by atoms with E-state index >= 15 is 0 Å². The van der Waals surface area contributed by atoms with E-state index in [9.17, 15) is 19.8 Å². The molecule has 0 rings (SSSR count). The molecule has 0 heterocycles. The minimum Gasteiger partial charge on any atom is -0.550 e. The summed E-state index contributed by atoms with van der Waals surface area (Å²) in [6, 6.07) is 0. The quantitative estimate of drug-likeness (QED) is 0.393. The van der Waals surface area contributed by atoms with Gasteiger partial charge in [-0.15, -0.1) is 0 Å². The average Bonchev–Trinajstić information content (AvgIpc) is 1.27. The molecule has 0 fully saturated rings. The third kappa shape index (κ3) is 9.10. The van der Waals surface area contributed by atoms with Crippen molar-refractivity contribution in [2.75, 3.05) is 0 Å². The van der Waals surface area contributed by atoms with Crippen LogP contribution in [0.1, 0.15) is 6.42 Å². The molecule has 0 bridgehead atoms. The number of carbonyl (C=O) groups excluding carboxylic acids is 2. The first-order valence-electron chi connectivity index (χ1n) is 1.52. The molecule has 0 N–H and O–H groups in total. The SMILES string of the molecule is O=C([O-])CC(=O)[O-].[V]. The van der Waals surface area contributed by atoms with Gasteiger partial charge in [0.2, 0.25) is 0 Å². The zero-order valence-electron chi connectivity index (χ0n) is 3.79. The Morgan fingerprint density at radius 1 is 1.12 bits per heavy atom. The van der Waals surface area contributed by atoms with Crippen molar-refractivity contribution in [3.8, 4) is 0 Å². The van der Waals surface area contributed by atoms with Crippen LogP contribution < -0.4 is 10.2 Å². The van der Waals surface area contributed by atoms with Gasteiger partial charge in [-0.25, -0.2) is 0 Å². The Kier molecular flexibility index (Phi) is 6.14. The van der Waals surface area contributed by atoms with Crippen LogP contribution in [-0.4, -0.2) is 11.9 Å². The first-order valence-corrected chi connectivity index (χ1v) is 1.52. The molecule has 1 radical (unpaired) electrons. The second kappa shape index (κ2) is 4.68. The molecule has 0 saturated carbocycles. The molecule has 5 heteroatoms. The van der Waals surface area contributed by atoms with Gasteiger partial charge in [-0.2, -0.15) is 0 Å². The van der Waals surface area contributed by atoms with Gasteiger partial charge in [0.25, 0.3) is 0 Å². The van der Waals surface area contributed by atoms with E-state index in [1.165, 1.54) is 0 Å². The van der Waals surface area contributed by atoms with E-state index in [1.807, 2.05) is 0 Å². The summed E-state index contributed by atoms with van der Waals surface area (Å²) in [4.78, 5) is 18.6. The summed E-state index contributed by atoms with van der Waals surface area (Å²) in [6.45, 7) is 0. The van der Waals surface area contributed by atoms with E-state index in [1.54, 1.807) is 0 Å². The van der Waals surface area contributed by atoms with Crippen LogP contribution in [0.15, 0.2) is 0 Å². The molecule has 0 aromatic heterocycles. The molecule has 8 heavy (non-hydrogen) atoms. The summed E-state index contributed by atoms with van der Waals surface area (Å²) >= 11 is 0. The Labute approximate surface area is 57.4 Å². The maximum Gasteiger partial charge on any atom is 0.0470 e. The van der Waals surface area contributed by atoms with E-state index in [0.29, 0.717) is 0 Å². The molecule has 0 aliphatic rings. The Hall–Kier alpha value is -0.476. The maximum atomic E-state index is 9.28. The smallest absolute Gasteiger partial charge is 0.0470 e. The van der Waals surface area contributed by atoms with Crippen molar-refractivity contribution in [2.24, 2.45) is 0 Å². The third-order valence-electron chi connectivity index (χ3n) is 0.289. The fourth-order valence-electron chi connectivity index (χ4n) is 0.118. The predicted molar refractivity (Wildman–Crippen MR) is 14.6 cm³/mol. The minimum absolute atomic E-state index is 0. The molecule has 0 amide bonds. The van der Waals surface area contributed by atoms with Gasteiger partial charge in [-0.05, 0) is 0 Å². The van der Waals surface area contributed by atoms with Gasteiger partial charge in [0.1, 0.15) is 0 Å². The van der Waals surface area contributed by atoms with Crippen molar-refractivity contribution < 1.29 is 38.4 Å². The Balaban J connectivity index is 0. The number of hydrogen-bond donors (Lipinski definition) is 0. The second-order valence-electron chi connectivity index (χ2n) is 0.921. The fourth-order valence-corrected chi connectivity index (χ4v) is 0.118. The van der Waals surface area contributed by atoms with Crippen LogP contribution in [0.4, 0.5) is 0 Å². The van der Waals surface area contributed by atoms with Crippen LogP contribution in [0, 0.1) is 0 Å². The Morgan fingerprint density at radius 3 is 1.38 bits per heavy atom. The summed E-state index contributed by atoms with van der Waals surface area (Å²) in [5, 5.41) is 18.6. The second-order valence-corrected chi connectivity index (χ2v) is 0.921. The van der Waals surface area contributed by atoms with Crippen LogP contribution in [0.25, 0.3) is 0 Å². The first-order chi connectivity index (χ1) is 3.13. The van der Waals surface area contributed by atoms with Crippen molar-refractivity contribution in [2.45, 2.75) is 6.42 Å². The Bertz CT molecular complexity index is 87.5. The standard InChI is InChI=1S/C3H4O4.V/c4-2(5)1-3(6)7;/h1H2,(H,4,5)(H,6,7);/p-2. The van der Waals surface area contributed by atoms with Gasteiger partial charge in [0.05, 0.1) is 0 Å². The normalized spacial score (nSPS) is 7.00. The van der Waals surface area contributed by atoms with Crippen molar-refractivity contribution in [1.29, 1.82) is 0 Å². The maximum absolute atomic E-state index is 9.28. The van der Waals surface area contributed by atoms with E-state index in [-0.39, 0.29) is 18.6 Å². The molecular formula is C3H2O4V-2. The number of carboxylic acid groups (broad SMARTS) is 2. The van der Waals surface area contributed by atoms with Gasteiger partial charge >= 0.3 is 0 Å². The van der Waals surface area contributed by atoms with Gasteiger partial charge in [-0.1, -0.05) is 0 Å². The number of carbonyl (C=O) groups is 2. The average molecular weight is 153 g/mol. The summed E-state index contributed by atoms with van der Waals surface area (Å²) in [6.07, 6.45) is -1.03. The fraction of sp³-hybridized carbons (Fsp3) is 0.333. The van der Waals surface area contributed by atoms with Gasteiger partial charge in [0, 0.05) is 36.9 Å². The zero-order chi connectivity index (χ0) is 5.86. The van der Waals surface area contributed by atoms with Gasteiger partial charge < -0.3 is 19.8 Å². The van der Waals surface area contributed by atoms with Crippen LogP contribution in [0.2, 0.25) is 0 Å². The third-order valence-corrected chi connectivity index (χ3v) is 0.289. The molecule has 0 saturated heterocycles. The number of hydrogen-bond acceptors (Lipinski definition) is 4. The topological polar surface area (TPSA) is 80.3 Å². The van der Waals surface area contributed by atoms with E-state index in [2.05, 4.69) is 0 Å².